The lowest BCUT2D eigenvalue weighted by Crippen LogP contribution is -2.24. The maximum atomic E-state index is 12.9. The van der Waals surface area contributed by atoms with Gasteiger partial charge in [0.15, 0.2) is 0 Å². The average Bonchev–Trinajstić information content (AvgIpc) is 2.67. The van der Waals surface area contributed by atoms with Gasteiger partial charge in [0, 0.05) is 12.7 Å². The second-order valence-corrected chi connectivity index (χ2v) is 4.84. The molecule has 2 nitrogen and oxygen atoms in total. The van der Waals surface area contributed by atoms with Gasteiger partial charge in [-0.1, -0.05) is 30.3 Å². The normalized spacial score (nSPS) is 17.7. The van der Waals surface area contributed by atoms with Gasteiger partial charge in [0.05, 0.1) is 5.92 Å². The predicted octanol–water partition coefficient (Wildman–Crippen LogP) is 3.13. The van der Waals surface area contributed by atoms with Crippen molar-refractivity contribution in [2.45, 2.75) is 12.3 Å². The van der Waals surface area contributed by atoms with Crippen molar-refractivity contribution in [1.29, 1.82) is 0 Å². The van der Waals surface area contributed by atoms with Crippen LogP contribution >= 0.6 is 0 Å². The molecule has 0 N–H and O–H groups in total. The molecule has 3 heteroatoms. The van der Waals surface area contributed by atoms with Gasteiger partial charge in [0.2, 0.25) is 5.91 Å². The molecule has 1 atom stereocenters. The first-order valence-electron chi connectivity index (χ1n) is 6.28. The second-order valence-electron chi connectivity index (χ2n) is 4.84. The Hall–Kier alpha value is -2.16. The lowest BCUT2D eigenvalue weighted by molar-refractivity contribution is -0.119. The standard InChI is InChI=1S/C16H14FNO/c1-18-15-5-3-2-4-13(15)14(16(18)19)10-11-6-8-12(17)9-7-11/h2-9,14H,10H2,1H3/t14-/m1/s1. The molecular formula is C16H14FNO. The summed E-state index contributed by atoms with van der Waals surface area (Å²) >= 11 is 0. The number of fused-ring (bicyclic) bond motifs is 1. The Morgan fingerprint density at radius 2 is 1.79 bits per heavy atom. The van der Waals surface area contributed by atoms with Crippen LogP contribution in [0.25, 0.3) is 0 Å². The van der Waals surface area contributed by atoms with Crippen LogP contribution in [0.3, 0.4) is 0 Å². The molecule has 0 saturated heterocycles. The number of carbonyl (C=O) groups excluding carboxylic acids is 1. The van der Waals surface area contributed by atoms with Crippen LogP contribution in [-0.2, 0) is 11.2 Å². The zero-order chi connectivity index (χ0) is 13.4. The number of nitrogens with zero attached hydrogens (tertiary/aromatic N) is 1. The topological polar surface area (TPSA) is 20.3 Å². The highest BCUT2D eigenvalue weighted by Crippen LogP contribution is 2.37. The first-order chi connectivity index (χ1) is 9.16. The Bertz CT molecular complexity index is 621. The van der Waals surface area contributed by atoms with E-state index >= 15 is 0 Å². The molecule has 2 aromatic rings. The SMILES string of the molecule is CN1C(=O)[C@H](Cc2ccc(F)cc2)c2ccccc21. The quantitative estimate of drug-likeness (QED) is 0.807. The van der Waals surface area contributed by atoms with Crippen LogP contribution in [0.5, 0.6) is 0 Å². The third-order valence-electron chi connectivity index (χ3n) is 3.66. The second kappa shape index (κ2) is 4.50. The van der Waals surface area contributed by atoms with Crippen molar-refractivity contribution in [3.05, 3.63) is 65.5 Å². The highest BCUT2D eigenvalue weighted by Gasteiger charge is 2.34. The van der Waals surface area contributed by atoms with Crippen LogP contribution in [0.15, 0.2) is 48.5 Å². The first-order valence-corrected chi connectivity index (χ1v) is 6.28. The number of halogens is 1. The van der Waals surface area contributed by atoms with Crippen LogP contribution < -0.4 is 4.90 Å². The molecule has 0 saturated carbocycles. The van der Waals surface area contributed by atoms with Crippen LogP contribution in [-0.4, -0.2) is 13.0 Å². The number of hydrogen-bond donors (Lipinski definition) is 0. The molecule has 1 aliphatic heterocycles. The maximum absolute atomic E-state index is 12.9. The molecule has 1 heterocycles. The molecule has 1 aliphatic rings. The third-order valence-corrected chi connectivity index (χ3v) is 3.66. The number of rotatable bonds is 2. The Labute approximate surface area is 111 Å². The number of hydrogen-bond acceptors (Lipinski definition) is 1. The van der Waals surface area contributed by atoms with E-state index in [0.717, 1.165) is 16.8 Å². The zero-order valence-electron chi connectivity index (χ0n) is 10.6. The van der Waals surface area contributed by atoms with Crippen molar-refractivity contribution < 1.29 is 9.18 Å². The predicted molar refractivity (Wildman–Crippen MR) is 72.7 cm³/mol. The summed E-state index contributed by atoms with van der Waals surface area (Å²) in [5.41, 5.74) is 3.00. The van der Waals surface area contributed by atoms with Crippen LogP contribution in [0.4, 0.5) is 10.1 Å². The fourth-order valence-electron chi connectivity index (χ4n) is 2.63. The van der Waals surface area contributed by atoms with Crippen molar-refractivity contribution in [3.63, 3.8) is 0 Å². The molecule has 3 rings (SSSR count). The number of anilines is 1. The molecule has 19 heavy (non-hydrogen) atoms. The van der Waals surface area contributed by atoms with Gasteiger partial charge in [-0.15, -0.1) is 0 Å². The summed E-state index contributed by atoms with van der Waals surface area (Å²) in [4.78, 5) is 14.0. The van der Waals surface area contributed by atoms with Crippen molar-refractivity contribution in [2.24, 2.45) is 0 Å². The highest BCUT2D eigenvalue weighted by atomic mass is 19.1. The molecule has 0 spiro atoms. The Morgan fingerprint density at radius 3 is 2.53 bits per heavy atom. The Kier molecular flexibility index (Phi) is 2.82. The molecule has 0 radical (unpaired) electrons. The van der Waals surface area contributed by atoms with E-state index in [4.69, 9.17) is 0 Å². The summed E-state index contributed by atoms with van der Waals surface area (Å²) in [7, 11) is 1.80. The van der Waals surface area contributed by atoms with Gasteiger partial charge in [-0.05, 0) is 35.7 Å². The molecule has 0 bridgehead atoms. The number of benzene rings is 2. The summed E-state index contributed by atoms with van der Waals surface area (Å²) in [6.45, 7) is 0. The van der Waals surface area contributed by atoms with Gasteiger partial charge in [-0.2, -0.15) is 0 Å². The third kappa shape index (κ3) is 2.01. The van der Waals surface area contributed by atoms with E-state index in [1.54, 1.807) is 24.1 Å². The van der Waals surface area contributed by atoms with E-state index in [1.165, 1.54) is 12.1 Å². The minimum atomic E-state index is -0.251. The number of likely N-dealkylation sites (N-methyl/N-ethyl adjacent to an activating group) is 1. The minimum Gasteiger partial charge on any atom is -0.315 e. The van der Waals surface area contributed by atoms with E-state index in [0.29, 0.717) is 6.42 Å². The van der Waals surface area contributed by atoms with Gasteiger partial charge < -0.3 is 4.90 Å². The number of amides is 1. The number of carbonyl (C=O) groups is 1. The van der Waals surface area contributed by atoms with Crippen LogP contribution in [0.1, 0.15) is 17.0 Å². The van der Waals surface area contributed by atoms with Gasteiger partial charge in [0.1, 0.15) is 5.82 Å². The highest BCUT2D eigenvalue weighted by molar-refractivity contribution is 6.04. The van der Waals surface area contributed by atoms with Crippen LogP contribution in [0.2, 0.25) is 0 Å². The monoisotopic (exact) mass is 255 g/mol. The lowest BCUT2D eigenvalue weighted by atomic mass is 9.93. The van der Waals surface area contributed by atoms with E-state index in [9.17, 15) is 9.18 Å². The molecule has 2 aromatic carbocycles. The molecular weight excluding hydrogens is 241 g/mol. The van der Waals surface area contributed by atoms with Crippen LogP contribution in [0, 0.1) is 5.82 Å². The number of para-hydroxylation sites is 1. The van der Waals surface area contributed by atoms with Gasteiger partial charge in [0.25, 0.3) is 0 Å². The Balaban J connectivity index is 1.93. The fourth-order valence-corrected chi connectivity index (χ4v) is 2.63. The molecule has 1 amide bonds. The van der Waals surface area contributed by atoms with Crippen molar-refractivity contribution >= 4 is 11.6 Å². The molecule has 96 valence electrons. The first kappa shape index (κ1) is 11.9. The van der Waals surface area contributed by atoms with Crippen molar-refractivity contribution in [1.82, 2.24) is 0 Å². The van der Waals surface area contributed by atoms with Crippen molar-refractivity contribution in [3.8, 4) is 0 Å². The molecule has 0 unspecified atom stereocenters. The zero-order valence-corrected chi connectivity index (χ0v) is 10.6. The summed E-state index contributed by atoms with van der Waals surface area (Å²) in [6.07, 6.45) is 0.612. The van der Waals surface area contributed by atoms with E-state index in [2.05, 4.69) is 0 Å². The summed E-state index contributed by atoms with van der Waals surface area (Å²) < 4.78 is 12.9. The van der Waals surface area contributed by atoms with Crippen molar-refractivity contribution in [2.75, 3.05) is 11.9 Å². The summed E-state index contributed by atoms with van der Waals surface area (Å²) in [5.74, 6) is -0.309. The minimum absolute atomic E-state index is 0.102. The smallest absolute Gasteiger partial charge is 0.234 e. The average molecular weight is 255 g/mol. The van der Waals surface area contributed by atoms with E-state index in [1.807, 2.05) is 24.3 Å². The van der Waals surface area contributed by atoms with E-state index < -0.39 is 0 Å². The summed E-state index contributed by atoms with van der Waals surface area (Å²) in [5, 5.41) is 0. The summed E-state index contributed by atoms with van der Waals surface area (Å²) in [6, 6.07) is 14.2. The lowest BCUT2D eigenvalue weighted by Gasteiger charge is -2.11. The molecule has 0 fully saturated rings. The Morgan fingerprint density at radius 1 is 1.11 bits per heavy atom. The molecule has 0 aliphatic carbocycles. The van der Waals surface area contributed by atoms with E-state index in [-0.39, 0.29) is 17.6 Å². The van der Waals surface area contributed by atoms with Gasteiger partial charge in [-0.3, -0.25) is 4.79 Å². The fraction of sp³-hybridized carbons (Fsp3) is 0.188. The largest absolute Gasteiger partial charge is 0.315 e. The molecule has 0 aromatic heterocycles. The van der Waals surface area contributed by atoms with Gasteiger partial charge >= 0.3 is 0 Å². The van der Waals surface area contributed by atoms with Gasteiger partial charge in [-0.25, -0.2) is 4.39 Å². The maximum Gasteiger partial charge on any atom is 0.234 e.